The van der Waals surface area contributed by atoms with E-state index in [0.29, 0.717) is 30.8 Å². The molecule has 0 saturated heterocycles. The van der Waals surface area contributed by atoms with E-state index in [1.807, 2.05) is 20.8 Å². The molecule has 4 heteroatoms. The fourth-order valence-electron chi connectivity index (χ4n) is 1.73. The third-order valence-corrected chi connectivity index (χ3v) is 2.42. The minimum atomic E-state index is -0.413. The first-order valence-corrected chi connectivity index (χ1v) is 6.56. The Balaban J connectivity index is 5.41. The van der Waals surface area contributed by atoms with E-state index in [4.69, 9.17) is 9.47 Å². The first-order valence-electron chi connectivity index (χ1n) is 6.56. The topological polar surface area (TPSA) is 52.6 Å². The standard InChI is InChI=1S/C14H24O4/c1-6-9-11(13(15)17-7-2)12(10(4)5)14(16)18-8-3/h10H,6-9H2,1-5H3. The highest BCUT2D eigenvalue weighted by Gasteiger charge is 2.24. The van der Waals surface area contributed by atoms with Crippen molar-refractivity contribution < 1.29 is 19.1 Å². The van der Waals surface area contributed by atoms with Crippen molar-refractivity contribution in [1.82, 2.24) is 0 Å². The van der Waals surface area contributed by atoms with Crippen molar-refractivity contribution in [3.63, 3.8) is 0 Å². The predicted octanol–water partition coefficient (Wildman–Crippen LogP) is 2.87. The van der Waals surface area contributed by atoms with Crippen LogP contribution in [0.15, 0.2) is 11.1 Å². The Labute approximate surface area is 109 Å². The fourth-order valence-corrected chi connectivity index (χ4v) is 1.73. The van der Waals surface area contributed by atoms with Gasteiger partial charge in [-0.1, -0.05) is 27.2 Å². The second kappa shape index (κ2) is 8.72. The maximum Gasteiger partial charge on any atom is 0.334 e. The number of carbonyl (C=O) groups is 2. The SMILES string of the molecule is CCCC(C(=O)OCC)=C(C(=O)OCC)C(C)C. The lowest BCUT2D eigenvalue weighted by Gasteiger charge is -2.16. The molecular formula is C14H24O4. The monoisotopic (exact) mass is 256 g/mol. The van der Waals surface area contributed by atoms with Gasteiger partial charge in [-0.2, -0.15) is 0 Å². The molecule has 0 rings (SSSR count). The number of esters is 2. The van der Waals surface area contributed by atoms with E-state index in [2.05, 4.69) is 0 Å². The molecular weight excluding hydrogens is 232 g/mol. The van der Waals surface area contributed by atoms with Crippen LogP contribution in [0.5, 0.6) is 0 Å². The van der Waals surface area contributed by atoms with Crippen LogP contribution in [0.25, 0.3) is 0 Å². The highest BCUT2D eigenvalue weighted by molar-refractivity contribution is 6.00. The maximum atomic E-state index is 11.9. The molecule has 0 heterocycles. The van der Waals surface area contributed by atoms with Crippen LogP contribution in [0.3, 0.4) is 0 Å². The molecule has 0 unspecified atom stereocenters. The van der Waals surface area contributed by atoms with Crippen molar-refractivity contribution in [2.75, 3.05) is 13.2 Å². The molecule has 0 fully saturated rings. The lowest BCUT2D eigenvalue weighted by molar-refractivity contribution is -0.142. The summed E-state index contributed by atoms with van der Waals surface area (Å²) in [7, 11) is 0. The smallest absolute Gasteiger partial charge is 0.334 e. The molecule has 0 aromatic heterocycles. The van der Waals surface area contributed by atoms with Crippen molar-refractivity contribution in [1.29, 1.82) is 0 Å². The summed E-state index contributed by atoms with van der Waals surface area (Å²) in [6.07, 6.45) is 1.31. The van der Waals surface area contributed by atoms with Crippen molar-refractivity contribution in [2.24, 2.45) is 5.92 Å². The first kappa shape index (κ1) is 16.7. The average molecular weight is 256 g/mol. The van der Waals surface area contributed by atoms with Gasteiger partial charge in [-0.3, -0.25) is 0 Å². The summed E-state index contributed by atoms with van der Waals surface area (Å²) in [5, 5.41) is 0. The van der Waals surface area contributed by atoms with Gasteiger partial charge < -0.3 is 9.47 Å². The van der Waals surface area contributed by atoms with Gasteiger partial charge in [0.25, 0.3) is 0 Å². The van der Waals surface area contributed by atoms with Crippen molar-refractivity contribution in [3.8, 4) is 0 Å². The average Bonchev–Trinajstić information content (AvgIpc) is 2.28. The van der Waals surface area contributed by atoms with E-state index in [1.54, 1.807) is 13.8 Å². The van der Waals surface area contributed by atoms with E-state index in [9.17, 15) is 9.59 Å². The number of hydrogen-bond acceptors (Lipinski definition) is 4. The summed E-state index contributed by atoms with van der Waals surface area (Å²) in [6.45, 7) is 9.82. The van der Waals surface area contributed by atoms with Gasteiger partial charge in [0.05, 0.1) is 18.8 Å². The third-order valence-electron chi connectivity index (χ3n) is 2.42. The van der Waals surface area contributed by atoms with Crippen LogP contribution in [0.2, 0.25) is 0 Å². The van der Waals surface area contributed by atoms with E-state index in [0.717, 1.165) is 6.42 Å². The number of hydrogen-bond donors (Lipinski definition) is 0. The van der Waals surface area contributed by atoms with E-state index in [-0.39, 0.29) is 5.92 Å². The molecule has 4 nitrogen and oxygen atoms in total. The van der Waals surface area contributed by atoms with E-state index < -0.39 is 11.9 Å². The van der Waals surface area contributed by atoms with Gasteiger partial charge in [0.1, 0.15) is 0 Å². The van der Waals surface area contributed by atoms with Gasteiger partial charge in [0.2, 0.25) is 0 Å². The Kier molecular flexibility index (Phi) is 8.08. The molecule has 0 aliphatic carbocycles. The molecule has 0 aromatic carbocycles. The second-order valence-corrected chi connectivity index (χ2v) is 4.24. The van der Waals surface area contributed by atoms with E-state index >= 15 is 0 Å². The molecule has 0 saturated carbocycles. The summed E-state index contributed by atoms with van der Waals surface area (Å²) in [5.74, 6) is -0.880. The van der Waals surface area contributed by atoms with Crippen LogP contribution in [0.4, 0.5) is 0 Å². The molecule has 0 N–H and O–H groups in total. The molecule has 0 atom stereocenters. The van der Waals surface area contributed by atoms with Crippen molar-refractivity contribution in [3.05, 3.63) is 11.1 Å². The molecule has 0 radical (unpaired) electrons. The molecule has 0 spiro atoms. The van der Waals surface area contributed by atoms with Crippen molar-refractivity contribution >= 4 is 11.9 Å². The summed E-state index contributed by atoms with van der Waals surface area (Å²) < 4.78 is 10.0. The molecule has 0 amide bonds. The van der Waals surface area contributed by atoms with Gasteiger partial charge in [-0.05, 0) is 26.2 Å². The predicted molar refractivity (Wildman–Crippen MR) is 70.0 cm³/mol. The minimum absolute atomic E-state index is 0.0602. The molecule has 0 aromatic rings. The Hall–Kier alpha value is -1.32. The van der Waals surface area contributed by atoms with Crippen LogP contribution >= 0.6 is 0 Å². The summed E-state index contributed by atoms with van der Waals surface area (Å²) >= 11 is 0. The van der Waals surface area contributed by atoms with Gasteiger partial charge in [-0.25, -0.2) is 9.59 Å². The Bertz CT molecular complexity index is 316. The minimum Gasteiger partial charge on any atom is -0.463 e. The summed E-state index contributed by atoms with van der Waals surface area (Å²) in [6, 6.07) is 0. The second-order valence-electron chi connectivity index (χ2n) is 4.24. The molecule has 0 aliphatic heterocycles. The third kappa shape index (κ3) is 4.90. The molecule has 104 valence electrons. The van der Waals surface area contributed by atoms with Crippen LogP contribution in [0.1, 0.15) is 47.5 Å². The molecule has 0 bridgehead atoms. The Morgan fingerprint density at radius 3 is 1.83 bits per heavy atom. The summed E-state index contributed by atoms with van der Waals surface area (Å²) in [5.41, 5.74) is 0.893. The fraction of sp³-hybridized carbons (Fsp3) is 0.714. The van der Waals surface area contributed by atoms with Gasteiger partial charge in [0.15, 0.2) is 0 Å². The lowest BCUT2D eigenvalue weighted by atomic mass is 9.94. The van der Waals surface area contributed by atoms with Crippen LogP contribution < -0.4 is 0 Å². The zero-order valence-electron chi connectivity index (χ0n) is 12.0. The zero-order chi connectivity index (χ0) is 14.1. The van der Waals surface area contributed by atoms with Crippen LogP contribution in [0, 0.1) is 5.92 Å². The Morgan fingerprint density at radius 1 is 0.944 bits per heavy atom. The van der Waals surface area contributed by atoms with Crippen LogP contribution in [-0.2, 0) is 19.1 Å². The van der Waals surface area contributed by atoms with Gasteiger partial charge in [0, 0.05) is 5.57 Å². The Morgan fingerprint density at radius 2 is 1.44 bits per heavy atom. The van der Waals surface area contributed by atoms with Gasteiger partial charge in [-0.15, -0.1) is 0 Å². The quantitative estimate of drug-likeness (QED) is 0.519. The number of carbonyl (C=O) groups excluding carboxylic acids is 2. The van der Waals surface area contributed by atoms with Gasteiger partial charge >= 0.3 is 11.9 Å². The number of rotatable bonds is 7. The number of ether oxygens (including phenoxy) is 2. The highest BCUT2D eigenvalue weighted by Crippen LogP contribution is 2.22. The maximum absolute atomic E-state index is 11.9. The molecule has 18 heavy (non-hydrogen) atoms. The lowest BCUT2D eigenvalue weighted by Crippen LogP contribution is -2.20. The largest absolute Gasteiger partial charge is 0.463 e. The van der Waals surface area contributed by atoms with E-state index in [1.165, 1.54) is 0 Å². The van der Waals surface area contributed by atoms with Crippen molar-refractivity contribution in [2.45, 2.75) is 47.5 Å². The first-order chi connectivity index (χ1) is 8.49. The zero-order valence-corrected chi connectivity index (χ0v) is 12.0. The normalized spacial score (nSPS) is 12.1. The highest BCUT2D eigenvalue weighted by atomic mass is 16.5. The molecule has 0 aliphatic rings. The van der Waals surface area contributed by atoms with Crippen LogP contribution in [-0.4, -0.2) is 25.2 Å². The summed E-state index contributed by atoms with van der Waals surface area (Å²) in [4.78, 5) is 23.8.